The number of carbonyl (C=O) groups is 1. The lowest BCUT2D eigenvalue weighted by molar-refractivity contribution is 0.00147. The van der Waals surface area contributed by atoms with Crippen LogP contribution < -0.4 is 5.32 Å². The van der Waals surface area contributed by atoms with Crippen molar-refractivity contribution in [2.75, 3.05) is 6.54 Å². The average molecular weight is 259 g/mol. The van der Waals surface area contributed by atoms with Crippen LogP contribution in [0.25, 0.3) is 0 Å². The van der Waals surface area contributed by atoms with Crippen LogP contribution in [-0.4, -0.2) is 38.5 Å². The van der Waals surface area contributed by atoms with Crippen LogP contribution in [0.1, 0.15) is 16.2 Å². The highest BCUT2D eigenvalue weighted by Crippen LogP contribution is 2.10. The van der Waals surface area contributed by atoms with Gasteiger partial charge in [0.25, 0.3) is 5.91 Å². The van der Waals surface area contributed by atoms with Crippen LogP contribution in [-0.2, 0) is 17.9 Å². The molecule has 1 aliphatic rings. The minimum Gasteiger partial charge on any atom is -0.368 e. The number of rotatable bonds is 3. The molecule has 19 heavy (non-hydrogen) atoms. The van der Waals surface area contributed by atoms with Crippen LogP contribution in [0.2, 0.25) is 0 Å². The van der Waals surface area contributed by atoms with E-state index in [0.29, 0.717) is 25.4 Å². The molecule has 1 unspecified atom stereocenters. The summed E-state index contributed by atoms with van der Waals surface area (Å²) in [4.78, 5) is 15.8. The summed E-state index contributed by atoms with van der Waals surface area (Å²) >= 11 is 0. The Hall–Kier alpha value is -2.28. The molecule has 1 amide bonds. The summed E-state index contributed by atoms with van der Waals surface area (Å²) in [7, 11) is 0. The molecule has 0 saturated carbocycles. The monoisotopic (exact) mass is 259 g/mol. The van der Waals surface area contributed by atoms with Crippen LogP contribution >= 0.6 is 0 Å². The number of nitrogens with zero attached hydrogens (tertiary/aromatic N) is 4. The summed E-state index contributed by atoms with van der Waals surface area (Å²) < 4.78 is 7.41. The second-order valence-electron chi connectivity index (χ2n) is 4.27. The molecule has 7 heteroatoms. The molecular formula is C12H13N5O2. The summed E-state index contributed by atoms with van der Waals surface area (Å²) in [5.41, 5.74) is 1.35. The number of nitrogens with one attached hydrogen (secondary N) is 1. The van der Waals surface area contributed by atoms with Crippen molar-refractivity contribution in [1.82, 2.24) is 25.3 Å². The first-order valence-electron chi connectivity index (χ1n) is 6.01. The molecule has 1 aliphatic heterocycles. The number of carbonyl (C=O) groups excluding carboxylic acids is 1. The van der Waals surface area contributed by atoms with E-state index in [2.05, 4.69) is 20.6 Å². The third-order valence-corrected chi connectivity index (χ3v) is 2.93. The van der Waals surface area contributed by atoms with E-state index in [0.717, 1.165) is 5.69 Å². The molecule has 3 rings (SSSR count). The van der Waals surface area contributed by atoms with Crippen LogP contribution in [0.4, 0.5) is 0 Å². The van der Waals surface area contributed by atoms with Gasteiger partial charge < -0.3 is 10.1 Å². The third kappa shape index (κ3) is 2.60. The fourth-order valence-corrected chi connectivity index (χ4v) is 1.91. The first kappa shape index (κ1) is 11.8. The van der Waals surface area contributed by atoms with Crippen molar-refractivity contribution in [3.63, 3.8) is 0 Å². The highest BCUT2D eigenvalue weighted by molar-refractivity contribution is 5.92. The van der Waals surface area contributed by atoms with E-state index in [9.17, 15) is 4.79 Å². The van der Waals surface area contributed by atoms with Gasteiger partial charge >= 0.3 is 0 Å². The predicted molar refractivity (Wildman–Crippen MR) is 65.2 cm³/mol. The zero-order chi connectivity index (χ0) is 13.1. The second kappa shape index (κ2) is 5.15. The van der Waals surface area contributed by atoms with Gasteiger partial charge in [0.15, 0.2) is 0 Å². The van der Waals surface area contributed by atoms with E-state index < -0.39 is 0 Å². The SMILES string of the molecule is O=C(NCC1Cn2nncc2CO1)c1ccccn1. The number of aromatic nitrogens is 4. The molecule has 7 nitrogen and oxygen atoms in total. The summed E-state index contributed by atoms with van der Waals surface area (Å²) in [6.07, 6.45) is 3.18. The van der Waals surface area contributed by atoms with Crippen LogP contribution in [0.5, 0.6) is 0 Å². The van der Waals surface area contributed by atoms with Gasteiger partial charge in [-0.2, -0.15) is 0 Å². The molecule has 2 aromatic rings. The van der Waals surface area contributed by atoms with E-state index in [1.807, 2.05) is 0 Å². The highest BCUT2D eigenvalue weighted by Gasteiger charge is 2.20. The number of fused-ring (bicyclic) bond motifs is 1. The fraction of sp³-hybridized carbons (Fsp3) is 0.333. The largest absolute Gasteiger partial charge is 0.368 e. The Labute approximate surface area is 109 Å². The number of ether oxygens (including phenoxy) is 1. The summed E-state index contributed by atoms with van der Waals surface area (Å²) in [6.45, 7) is 1.49. The molecule has 0 bridgehead atoms. The van der Waals surface area contributed by atoms with Crippen LogP contribution in [0.3, 0.4) is 0 Å². The number of amides is 1. The first-order valence-corrected chi connectivity index (χ1v) is 6.01. The Morgan fingerprint density at radius 1 is 1.53 bits per heavy atom. The van der Waals surface area contributed by atoms with Crippen molar-refractivity contribution in [2.45, 2.75) is 19.3 Å². The molecule has 0 radical (unpaired) electrons. The van der Waals surface area contributed by atoms with Crippen molar-refractivity contribution in [3.05, 3.63) is 42.0 Å². The van der Waals surface area contributed by atoms with Gasteiger partial charge in [-0.05, 0) is 12.1 Å². The van der Waals surface area contributed by atoms with Gasteiger partial charge in [0.05, 0.1) is 31.1 Å². The van der Waals surface area contributed by atoms with Crippen molar-refractivity contribution in [2.24, 2.45) is 0 Å². The first-order chi connectivity index (χ1) is 9.33. The van der Waals surface area contributed by atoms with E-state index in [1.54, 1.807) is 35.3 Å². The Bertz CT molecular complexity index is 569. The van der Waals surface area contributed by atoms with Crippen molar-refractivity contribution in [3.8, 4) is 0 Å². The topological polar surface area (TPSA) is 81.9 Å². The zero-order valence-electron chi connectivity index (χ0n) is 10.2. The summed E-state index contributed by atoms with van der Waals surface area (Å²) in [6, 6.07) is 5.22. The maximum Gasteiger partial charge on any atom is 0.269 e. The Balaban J connectivity index is 1.55. The Kier molecular flexibility index (Phi) is 3.20. The van der Waals surface area contributed by atoms with Crippen molar-refractivity contribution >= 4 is 5.91 Å². The minimum absolute atomic E-state index is 0.0955. The van der Waals surface area contributed by atoms with E-state index in [1.165, 1.54) is 0 Å². The second-order valence-corrected chi connectivity index (χ2v) is 4.27. The maximum atomic E-state index is 11.8. The van der Waals surface area contributed by atoms with Gasteiger partial charge in [0.1, 0.15) is 5.69 Å². The standard InChI is InChI=1S/C12H13N5O2/c18-12(11-3-1-2-4-13-11)14-6-10-7-17-9(8-19-10)5-15-16-17/h1-5,10H,6-8H2,(H,14,18). The molecule has 1 atom stereocenters. The smallest absolute Gasteiger partial charge is 0.269 e. The molecule has 2 aromatic heterocycles. The van der Waals surface area contributed by atoms with Crippen molar-refractivity contribution < 1.29 is 9.53 Å². The average Bonchev–Trinajstić information content (AvgIpc) is 2.93. The normalized spacial score (nSPS) is 17.8. The fourth-order valence-electron chi connectivity index (χ4n) is 1.91. The Morgan fingerprint density at radius 2 is 2.47 bits per heavy atom. The van der Waals surface area contributed by atoms with E-state index in [4.69, 9.17) is 4.74 Å². The lowest BCUT2D eigenvalue weighted by Crippen LogP contribution is -2.39. The molecule has 0 saturated heterocycles. The van der Waals surface area contributed by atoms with Crippen molar-refractivity contribution in [1.29, 1.82) is 0 Å². The zero-order valence-corrected chi connectivity index (χ0v) is 10.2. The van der Waals surface area contributed by atoms with Crippen LogP contribution in [0.15, 0.2) is 30.6 Å². The summed E-state index contributed by atoms with van der Waals surface area (Å²) in [5, 5.41) is 10.6. The Morgan fingerprint density at radius 3 is 3.32 bits per heavy atom. The molecule has 0 aromatic carbocycles. The molecule has 0 fully saturated rings. The van der Waals surface area contributed by atoms with Gasteiger partial charge in [-0.15, -0.1) is 5.10 Å². The third-order valence-electron chi connectivity index (χ3n) is 2.93. The lowest BCUT2D eigenvalue weighted by atomic mass is 10.2. The van der Waals surface area contributed by atoms with Crippen LogP contribution in [0, 0.1) is 0 Å². The van der Waals surface area contributed by atoms with Gasteiger partial charge in [-0.1, -0.05) is 11.3 Å². The molecule has 0 aliphatic carbocycles. The number of hydrogen-bond acceptors (Lipinski definition) is 5. The highest BCUT2D eigenvalue weighted by atomic mass is 16.5. The number of hydrogen-bond donors (Lipinski definition) is 1. The molecule has 98 valence electrons. The molecular weight excluding hydrogens is 246 g/mol. The predicted octanol–water partition coefficient (Wildman–Crippen LogP) is 0.00190. The van der Waals surface area contributed by atoms with E-state index >= 15 is 0 Å². The lowest BCUT2D eigenvalue weighted by Gasteiger charge is -2.23. The molecule has 3 heterocycles. The van der Waals surface area contributed by atoms with Gasteiger partial charge in [0.2, 0.25) is 0 Å². The molecule has 0 spiro atoms. The minimum atomic E-state index is -0.200. The molecule has 1 N–H and O–H groups in total. The van der Waals surface area contributed by atoms with E-state index in [-0.39, 0.29) is 12.0 Å². The van der Waals surface area contributed by atoms with Gasteiger partial charge in [0, 0.05) is 12.7 Å². The van der Waals surface area contributed by atoms with Gasteiger partial charge in [-0.25, -0.2) is 4.68 Å². The maximum absolute atomic E-state index is 11.8. The summed E-state index contributed by atoms with van der Waals surface area (Å²) in [5.74, 6) is -0.200. The van der Waals surface area contributed by atoms with Gasteiger partial charge in [-0.3, -0.25) is 9.78 Å². The quantitative estimate of drug-likeness (QED) is 0.839. The number of pyridine rings is 1.